The van der Waals surface area contributed by atoms with E-state index in [0.717, 1.165) is 6.54 Å². The maximum Gasteiger partial charge on any atom is 0.207 e. The molecule has 0 aromatic rings. The van der Waals surface area contributed by atoms with E-state index in [1.807, 2.05) is 6.92 Å². The van der Waals surface area contributed by atoms with Gasteiger partial charge in [0.2, 0.25) is 6.41 Å². The largest absolute Gasteiger partial charge is 0.359 e. The first-order valence-electron chi connectivity index (χ1n) is 1.59. The maximum atomic E-state index is 9.29. The highest BCUT2D eigenvalue weighted by Gasteiger charge is 1.59. The van der Waals surface area contributed by atoms with Gasteiger partial charge in [-0.1, -0.05) is 0 Å². The average Bonchev–Trinajstić information content (AvgIpc) is 1.41. The third kappa shape index (κ3) is 9.25. The average molecular weight is 110 g/mol. The van der Waals surface area contributed by atoms with Crippen molar-refractivity contribution in [3.63, 3.8) is 0 Å². The zero-order valence-electron chi connectivity index (χ0n) is 3.60. The number of hydrogen-bond acceptors (Lipinski definition) is 1. The molecule has 0 heterocycles. The third-order valence-electron chi connectivity index (χ3n) is 0.287. The number of halogens is 1. The molecular formula is C3H8ClNO. The third-order valence-corrected chi connectivity index (χ3v) is 0.287. The molecule has 0 bridgehead atoms. The molecule has 2 nitrogen and oxygen atoms in total. The van der Waals surface area contributed by atoms with Crippen LogP contribution in [-0.2, 0) is 4.79 Å². The minimum absolute atomic E-state index is 0. The Morgan fingerprint density at radius 2 is 2.33 bits per heavy atom. The Kier molecular flexibility index (Phi) is 13.6. The van der Waals surface area contributed by atoms with E-state index in [0.29, 0.717) is 6.41 Å². The summed E-state index contributed by atoms with van der Waals surface area (Å²) in [6.45, 7) is 2.60. The highest BCUT2D eigenvalue weighted by Crippen LogP contribution is 1.37. The van der Waals surface area contributed by atoms with E-state index in [-0.39, 0.29) is 12.4 Å². The van der Waals surface area contributed by atoms with Gasteiger partial charge in [-0.3, -0.25) is 4.79 Å². The van der Waals surface area contributed by atoms with Crippen molar-refractivity contribution in [2.75, 3.05) is 6.54 Å². The highest BCUT2D eigenvalue weighted by molar-refractivity contribution is 5.85. The molecule has 3 heteroatoms. The fourth-order valence-corrected chi connectivity index (χ4v) is 0.0833. The van der Waals surface area contributed by atoms with Gasteiger partial charge >= 0.3 is 0 Å². The van der Waals surface area contributed by atoms with Crippen molar-refractivity contribution in [1.29, 1.82) is 0 Å². The van der Waals surface area contributed by atoms with Gasteiger partial charge in [0.1, 0.15) is 0 Å². The van der Waals surface area contributed by atoms with E-state index in [4.69, 9.17) is 0 Å². The summed E-state index contributed by atoms with van der Waals surface area (Å²) in [5, 5.41) is 2.43. The van der Waals surface area contributed by atoms with E-state index in [9.17, 15) is 4.79 Å². The fraction of sp³-hybridized carbons (Fsp3) is 0.667. The van der Waals surface area contributed by atoms with Gasteiger partial charge < -0.3 is 5.32 Å². The topological polar surface area (TPSA) is 29.1 Å². The zero-order valence-corrected chi connectivity index (χ0v) is 4.42. The molecule has 0 aromatic heterocycles. The standard InChI is InChI=1S/C3H7NO.ClH/c1-2-4-3-5;/h3H,2H2,1H3,(H,4,5);1H. The van der Waals surface area contributed by atoms with E-state index in [1.165, 1.54) is 0 Å². The normalized spacial score (nSPS) is 5.50. The molecule has 0 fully saturated rings. The van der Waals surface area contributed by atoms with Crippen LogP contribution in [0.2, 0.25) is 0 Å². The predicted molar refractivity (Wildman–Crippen MR) is 27.0 cm³/mol. The second-order valence-electron chi connectivity index (χ2n) is 0.676. The Morgan fingerprint density at radius 3 is 2.33 bits per heavy atom. The van der Waals surface area contributed by atoms with Crippen LogP contribution in [0.3, 0.4) is 0 Å². The lowest BCUT2D eigenvalue weighted by Crippen LogP contribution is -2.07. The van der Waals surface area contributed by atoms with Gasteiger partial charge in [0.25, 0.3) is 0 Å². The molecule has 38 valence electrons. The van der Waals surface area contributed by atoms with Gasteiger partial charge in [-0.25, -0.2) is 0 Å². The van der Waals surface area contributed by atoms with Crippen LogP contribution in [0.4, 0.5) is 0 Å². The van der Waals surface area contributed by atoms with Gasteiger partial charge in [0.15, 0.2) is 0 Å². The molecule has 0 aliphatic rings. The molecule has 0 unspecified atom stereocenters. The minimum Gasteiger partial charge on any atom is -0.359 e. The quantitative estimate of drug-likeness (QED) is 0.504. The fourth-order valence-electron chi connectivity index (χ4n) is 0.0833. The van der Waals surface area contributed by atoms with Crippen molar-refractivity contribution < 1.29 is 4.79 Å². The van der Waals surface area contributed by atoms with Crippen molar-refractivity contribution in [3.8, 4) is 0 Å². The zero-order chi connectivity index (χ0) is 4.12. The number of carbonyl (C=O) groups is 1. The molecule has 0 aliphatic heterocycles. The Morgan fingerprint density at radius 1 is 1.83 bits per heavy atom. The predicted octanol–water partition coefficient (Wildman–Crippen LogP) is 0.174. The SMILES string of the molecule is CCNC=O.Cl. The van der Waals surface area contributed by atoms with Crippen LogP contribution in [-0.4, -0.2) is 13.0 Å². The first kappa shape index (κ1) is 9.23. The molecule has 0 saturated heterocycles. The van der Waals surface area contributed by atoms with Gasteiger partial charge in [-0.2, -0.15) is 0 Å². The van der Waals surface area contributed by atoms with Crippen LogP contribution in [0.5, 0.6) is 0 Å². The molecule has 0 aliphatic carbocycles. The smallest absolute Gasteiger partial charge is 0.207 e. The van der Waals surface area contributed by atoms with E-state index < -0.39 is 0 Å². The molecule has 6 heavy (non-hydrogen) atoms. The number of hydrogen-bond donors (Lipinski definition) is 1. The van der Waals surface area contributed by atoms with E-state index in [2.05, 4.69) is 5.32 Å². The first-order chi connectivity index (χ1) is 2.41. The first-order valence-corrected chi connectivity index (χ1v) is 1.59. The summed E-state index contributed by atoms with van der Waals surface area (Å²) >= 11 is 0. The molecule has 1 amide bonds. The molecular weight excluding hydrogens is 101 g/mol. The minimum atomic E-state index is 0. The Hall–Kier alpha value is -0.240. The molecule has 0 saturated carbocycles. The van der Waals surface area contributed by atoms with Gasteiger partial charge in [0, 0.05) is 6.54 Å². The lowest BCUT2D eigenvalue weighted by atomic mass is 10.8. The summed E-state index contributed by atoms with van der Waals surface area (Å²) in [5.74, 6) is 0. The Labute approximate surface area is 43.3 Å². The van der Waals surface area contributed by atoms with E-state index in [1.54, 1.807) is 0 Å². The molecule has 1 N–H and O–H groups in total. The lowest BCUT2D eigenvalue weighted by Gasteiger charge is -1.78. The van der Waals surface area contributed by atoms with Crippen LogP contribution in [0.25, 0.3) is 0 Å². The van der Waals surface area contributed by atoms with Crippen LogP contribution >= 0.6 is 12.4 Å². The van der Waals surface area contributed by atoms with Crippen molar-refractivity contribution in [2.24, 2.45) is 0 Å². The molecule has 0 radical (unpaired) electrons. The summed E-state index contributed by atoms with van der Waals surface area (Å²) in [6.07, 6.45) is 0.681. The van der Waals surface area contributed by atoms with Gasteiger partial charge in [-0.15, -0.1) is 12.4 Å². The Balaban J connectivity index is 0. The van der Waals surface area contributed by atoms with Gasteiger partial charge in [-0.05, 0) is 6.92 Å². The van der Waals surface area contributed by atoms with Crippen molar-refractivity contribution in [3.05, 3.63) is 0 Å². The highest BCUT2D eigenvalue weighted by atomic mass is 35.5. The number of carbonyl (C=O) groups excluding carboxylic acids is 1. The number of rotatable bonds is 2. The number of amides is 1. The van der Waals surface area contributed by atoms with E-state index >= 15 is 0 Å². The number of nitrogens with one attached hydrogen (secondary N) is 1. The van der Waals surface area contributed by atoms with Crippen molar-refractivity contribution in [1.82, 2.24) is 5.32 Å². The van der Waals surface area contributed by atoms with Crippen LogP contribution in [0.1, 0.15) is 6.92 Å². The molecule has 0 aromatic carbocycles. The van der Waals surface area contributed by atoms with Crippen molar-refractivity contribution in [2.45, 2.75) is 6.92 Å². The van der Waals surface area contributed by atoms with Crippen LogP contribution in [0.15, 0.2) is 0 Å². The molecule has 0 rings (SSSR count). The maximum absolute atomic E-state index is 9.29. The monoisotopic (exact) mass is 109 g/mol. The second-order valence-corrected chi connectivity index (χ2v) is 0.676. The Bertz CT molecular complexity index is 32.0. The summed E-state index contributed by atoms with van der Waals surface area (Å²) in [4.78, 5) is 9.29. The molecule has 0 spiro atoms. The second kappa shape index (κ2) is 8.83. The summed E-state index contributed by atoms with van der Waals surface area (Å²) in [6, 6.07) is 0. The van der Waals surface area contributed by atoms with Gasteiger partial charge in [0.05, 0.1) is 0 Å². The summed E-state index contributed by atoms with van der Waals surface area (Å²) in [5.41, 5.74) is 0. The lowest BCUT2D eigenvalue weighted by molar-refractivity contribution is -0.109. The summed E-state index contributed by atoms with van der Waals surface area (Å²) < 4.78 is 0. The van der Waals surface area contributed by atoms with Crippen LogP contribution in [0, 0.1) is 0 Å². The van der Waals surface area contributed by atoms with Crippen molar-refractivity contribution >= 4 is 18.8 Å². The van der Waals surface area contributed by atoms with Crippen LogP contribution < -0.4 is 5.32 Å². The molecule has 0 atom stereocenters. The summed E-state index contributed by atoms with van der Waals surface area (Å²) in [7, 11) is 0.